The van der Waals surface area contributed by atoms with Crippen LogP contribution in [0, 0.1) is 11.8 Å². The standard InChI is InChI=1S/C31H26ClNO/c32-27-13-5-6-14-28(27)33-20-17-18-22-21-9-1-2-10-23(21)31(26(22)19-20)24-11-3-7-15-29(24)34-30-16-8-4-12-25(30)31/h1-19,22,24,26-29,33H. The van der Waals surface area contributed by atoms with Gasteiger partial charge in [0, 0.05) is 34.4 Å². The Balaban J connectivity index is 1.43. The Kier molecular flexibility index (Phi) is 4.54. The van der Waals surface area contributed by atoms with Crippen molar-refractivity contribution in [3.05, 3.63) is 138 Å². The number of benzene rings is 2. The molecule has 3 heteroatoms. The van der Waals surface area contributed by atoms with Gasteiger partial charge in [0.2, 0.25) is 0 Å². The number of para-hydroxylation sites is 1. The van der Waals surface area contributed by atoms with Crippen LogP contribution < -0.4 is 10.1 Å². The Morgan fingerprint density at radius 3 is 2.44 bits per heavy atom. The lowest BCUT2D eigenvalue weighted by atomic mass is 9.56. The molecule has 0 amide bonds. The third-order valence-electron chi connectivity index (χ3n) is 8.13. The van der Waals surface area contributed by atoms with Crippen LogP contribution in [0.15, 0.2) is 121 Å². The maximum Gasteiger partial charge on any atom is 0.125 e. The third kappa shape index (κ3) is 2.75. The number of allylic oxidation sites excluding steroid dienone is 7. The van der Waals surface area contributed by atoms with Crippen LogP contribution in [0.25, 0.3) is 0 Å². The Morgan fingerprint density at radius 1 is 0.765 bits per heavy atom. The maximum absolute atomic E-state index is 6.60. The highest BCUT2D eigenvalue weighted by atomic mass is 35.5. The number of nitrogens with one attached hydrogen (secondary N) is 1. The number of ether oxygens (including phenoxy) is 1. The van der Waals surface area contributed by atoms with E-state index < -0.39 is 0 Å². The highest BCUT2D eigenvalue weighted by Crippen LogP contribution is 2.64. The molecule has 1 spiro atoms. The smallest absolute Gasteiger partial charge is 0.125 e. The van der Waals surface area contributed by atoms with E-state index in [9.17, 15) is 0 Å². The van der Waals surface area contributed by atoms with Gasteiger partial charge >= 0.3 is 0 Å². The van der Waals surface area contributed by atoms with Crippen LogP contribution in [0.4, 0.5) is 0 Å². The van der Waals surface area contributed by atoms with Crippen molar-refractivity contribution in [2.75, 3.05) is 0 Å². The van der Waals surface area contributed by atoms with E-state index >= 15 is 0 Å². The van der Waals surface area contributed by atoms with E-state index in [4.69, 9.17) is 16.3 Å². The molecule has 0 aromatic heterocycles. The summed E-state index contributed by atoms with van der Waals surface area (Å²) in [4.78, 5) is 0. The molecule has 34 heavy (non-hydrogen) atoms. The van der Waals surface area contributed by atoms with Crippen LogP contribution in [0.1, 0.15) is 22.6 Å². The van der Waals surface area contributed by atoms with E-state index in [1.165, 1.54) is 16.7 Å². The van der Waals surface area contributed by atoms with Gasteiger partial charge < -0.3 is 10.1 Å². The fourth-order valence-corrected chi connectivity index (χ4v) is 7.04. The first-order chi connectivity index (χ1) is 16.8. The van der Waals surface area contributed by atoms with Gasteiger partial charge in [0.05, 0.1) is 11.4 Å². The normalized spacial score (nSPS) is 35.7. The Morgan fingerprint density at radius 2 is 1.53 bits per heavy atom. The third-order valence-corrected chi connectivity index (χ3v) is 8.54. The summed E-state index contributed by atoms with van der Waals surface area (Å²) in [5, 5.41) is 3.64. The average molecular weight is 464 g/mol. The summed E-state index contributed by atoms with van der Waals surface area (Å²) in [6.07, 6.45) is 24.3. The quantitative estimate of drug-likeness (QED) is 0.525. The fraction of sp³-hybridized carbons (Fsp3) is 0.226. The molecule has 5 aliphatic rings. The lowest BCUT2D eigenvalue weighted by Gasteiger charge is -2.50. The molecular weight excluding hydrogens is 438 g/mol. The lowest BCUT2D eigenvalue weighted by molar-refractivity contribution is 0.106. The lowest BCUT2D eigenvalue weighted by Crippen LogP contribution is -2.51. The number of rotatable bonds is 2. The van der Waals surface area contributed by atoms with Gasteiger partial charge in [0.25, 0.3) is 0 Å². The minimum absolute atomic E-state index is 0.0149. The van der Waals surface area contributed by atoms with Gasteiger partial charge in [0.1, 0.15) is 11.9 Å². The van der Waals surface area contributed by atoms with E-state index in [-0.39, 0.29) is 34.8 Å². The molecule has 0 bridgehead atoms. The molecule has 168 valence electrons. The summed E-state index contributed by atoms with van der Waals surface area (Å²) in [6.45, 7) is 0. The van der Waals surface area contributed by atoms with Crippen molar-refractivity contribution in [3.8, 4) is 5.75 Å². The van der Waals surface area contributed by atoms with Gasteiger partial charge in [0.15, 0.2) is 0 Å². The van der Waals surface area contributed by atoms with Gasteiger partial charge in [-0.05, 0) is 29.3 Å². The fourth-order valence-electron chi connectivity index (χ4n) is 6.81. The minimum Gasteiger partial charge on any atom is -0.485 e. The molecule has 0 saturated carbocycles. The molecule has 1 aliphatic heterocycles. The number of hydrogen-bond acceptors (Lipinski definition) is 2. The van der Waals surface area contributed by atoms with Crippen molar-refractivity contribution >= 4 is 11.6 Å². The van der Waals surface area contributed by atoms with Crippen molar-refractivity contribution in [1.82, 2.24) is 5.32 Å². The van der Waals surface area contributed by atoms with Gasteiger partial charge in [-0.1, -0.05) is 97.1 Å². The summed E-state index contributed by atoms with van der Waals surface area (Å²) in [6, 6.07) is 17.8. The molecule has 2 aromatic rings. The minimum atomic E-state index is -0.206. The van der Waals surface area contributed by atoms with Crippen LogP contribution in [0.5, 0.6) is 5.75 Å². The highest BCUT2D eigenvalue weighted by Gasteiger charge is 2.60. The molecule has 0 fully saturated rings. The van der Waals surface area contributed by atoms with Crippen molar-refractivity contribution in [2.24, 2.45) is 11.8 Å². The van der Waals surface area contributed by atoms with Crippen LogP contribution in [-0.4, -0.2) is 17.5 Å². The van der Waals surface area contributed by atoms with E-state index in [1.54, 1.807) is 0 Å². The van der Waals surface area contributed by atoms with Crippen molar-refractivity contribution in [1.29, 1.82) is 0 Å². The second kappa shape index (κ2) is 7.65. The second-order valence-electron chi connectivity index (χ2n) is 9.75. The SMILES string of the molecule is ClC1C=CC=CC1NC1=CC2C(C=C1)c1ccccc1C21c2ccccc2OC2C=CC=CC21. The Labute approximate surface area is 205 Å². The topological polar surface area (TPSA) is 21.3 Å². The van der Waals surface area contributed by atoms with Crippen molar-refractivity contribution in [2.45, 2.75) is 28.9 Å². The van der Waals surface area contributed by atoms with Crippen molar-refractivity contribution < 1.29 is 4.74 Å². The zero-order valence-corrected chi connectivity index (χ0v) is 19.5. The predicted octanol–water partition coefficient (Wildman–Crippen LogP) is 6.33. The Hall–Kier alpha value is -3.23. The monoisotopic (exact) mass is 463 g/mol. The molecule has 1 heterocycles. The molecule has 0 saturated heterocycles. The molecular formula is C31H26ClNO. The van der Waals surface area contributed by atoms with E-state index in [0.29, 0.717) is 5.92 Å². The van der Waals surface area contributed by atoms with Crippen LogP contribution in [0.2, 0.25) is 0 Å². The Bertz CT molecular complexity index is 1330. The van der Waals surface area contributed by atoms with Crippen LogP contribution in [-0.2, 0) is 5.41 Å². The van der Waals surface area contributed by atoms with Crippen molar-refractivity contribution in [3.63, 3.8) is 0 Å². The number of hydrogen-bond donors (Lipinski definition) is 1. The highest BCUT2D eigenvalue weighted by molar-refractivity contribution is 6.22. The summed E-state index contributed by atoms with van der Waals surface area (Å²) < 4.78 is 6.55. The summed E-state index contributed by atoms with van der Waals surface area (Å²) in [7, 11) is 0. The molecule has 2 nitrogen and oxygen atoms in total. The summed E-state index contributed by atoms with van der Waals surface area (Å²) in [5.74, 6) is 1.80. The molecule has 2 aromatic carbocycles. The summed E-state index contributed by atoms with van der Waals surface area (Å²) >= 11 is 6.60. The van der Waals surface area contributed by atoms with E-state index in [2.05, 4.69) is 109 Å². The first-order valence-corrected chi connectivity index (χ1v) is 12.6. The molecule has 0 radical (unpaired) electrons. The zero-order valence-electron chi connectivity index (χ0n) is 18.7. The maximum atomic E-state index is 6.60. The number of alkyl halides is 1. The van der Waals surface area contributed by atoms with Crippen LogP contribution in [0.3, 0.4) is 0 Å². The molecule has 7 unspecified atom stereocenters. The molecule has 7 atom stereocenters. The number of fused-ring (bicyclic) bond motifs is 9. The predicted molar refractivity (Wildman–Crippen MR) is 138 cm³/mol. The van der Waals surface area contributed by atoms with Gasteiger partial charge in [-0.25, -0.2) is 0 Å². The number of halogens is 1. The van der Waals surface area contributed by atoms with Crippen LogP contribution >= 0.6 is 11.6 Å². The average Bonchev–Trinajstić information content (AvgIpc) is 3.16. The van der Waals surface area contributed by atoms with E-state index in [1.807, 2.05) is 12.2 Å². The largest absolute Gasteiger partial charge is 0.485 e. The first-order valence-electron chi connectivity index (χ1n) is 12.1. The van der Waals surface area contributed by atoms with Gasteiger partial charge in [-0.2, -0.15) is 0 Å². The molecule has 4 aliphatic carbocycles. The summed E-state index contributed by atoms with van der Waals surface area (Å²) in [5.41, 5.74) is 5.07. The second-order valence-corrected chi connectivity index (χ2v) is 10.3. The van der Waals surface area contributed by atoms with Gasteiger partial charge in [-0.15, -0.1) is 11.6 Å². The zero-order chi connectivity index (χ0) is 22.7. The van der Waals surface area contributed by atoms with Gasteiger partial charge in [-0.3, -0.25) is 0 Å². The first kappa shape index (κ1) is 20.2. The molecule has 7 rings (SSSR count). The molecule has 1 N–H and O–H groups in total. The van der Waals surface area contributed by atoms with E-state index in [0.717, 1.165) is 11.4 Å².